The lowest BCUT2D eigenvalue weighted by Crippen LogP contribution is -2.00. The molecule has 0 atom stereocenters. The molecule has 0 bridgehead atoms. The number of rotatable bonds is 3. The third-order valence-electron chi connectivity index (χ3n) is 3.32. The van der Waals surface area contributed by atoms with Gasteiger partial charge in [-0.15, -0.1) is 0 Å². The van der Waals surface area contributed by atoms with Crippen molar-refractivity contribution in [1.82, 2.24) is 4.57 Å². The molecule has 3 rings (SSSR count). The predicted octanol–water partition coefficient (Wildman–Crippen LogP) is 3.91. The molecule has 0 saturated carbocycles. The molecule has 0 amide bonds. The van der Waals surface area contributed by atoms with Crippen molar-refractivity contribution in [3.05, 3.63) is 70.3 Å². The molecule has 0 aliphatic heterocycles. The van der Waals surface area contributed by atoms with Gasteiger partial charge < -0.3 is 10.3 Å². The Hall–Kier alpha value is -1.58. The minimum atomic E-state index is 0.581. The highest BCUT2D eigenvalue weighted by Gasteiger charge is 2.03. The van der Waals surface area contributed by atoms with Gasteiger partial charge in [0, 0.05) is 29.3 Å². The Morgan fingerprint density at radius 3 is 2.68 bits per heavy atom. The summed E-state index contributed by atoms with van der Waals surface area (Å²) in [6, 6.07) is 16.9. The van der Waals surface area contributed by atoms with Gasteiger partial charge in [0.15, 0.2) is 0 Å². The largest absolute Gasteiger partial charge is 0.343 e. The maximum atomic E-state index is 5.72. The molecule has 2 N–H and O–H groups in total. The fourth-order valence-corrected chi connectivity index (χ4v) is 2.77. The first kappa shape index (κ1) is 12.5. The third kappa shape index (κ3) is 2.57. The smallest absolute Gasteiger partial charge is 0.0486 e. The summed E-state index contributed by atoms with van der Waals surface area (Å²) >= 11 is 3.51. The van der Waals surface area contributed by atoms with Crippen LogP contribution in [0.15, 0.2) is 59.2 Å². The Morgan fingerprint density at radius 2 is 1.89 bits per heavy atom. The van der Waals surface area contributed by atoms with E-state index in [1.165, 1.54) is 22.0 Å². The number of nitrogens with two attached hydrogens (primary N) is 1. The number of hydrogen-bond donors (Lipinski definition) is 1. The Kier molecular flexibility index (Phi) is 3.40. The van der Waals surface area contributed by atoms with Crippen molar-refractivity contribution in [3.63, 3.8) is 0 Å². The lowest BCUT2D eigenvalue weighted by atomic mass is 10.1. The summed E-state index contributed by atoms with van der Waals surface area (Å²) in [4.78, 5) is 0. The molecule has 19 heavy (non-hydrogen) atoms. The molecule has 3 heteroatoms. The summed E-state index contributed by atoms with van der Waals surface area (Å²) in [6.07, 6.45) is 2.13. The lowest BCUT2D eigenvalue weighted by Gasteiger charge is -2.07. The van der Waals surface area contributed by atoms with Gasteiger partial charge in [0.1, 0.15) is 0 Å². The van der Waals surface area contributed by atoms with Crippen LogP contribution in [0.1, 0.15) is 11.1 Å². The molecular weight excluding hydrogens is 300 g/mol. The molecule has 0 aliphatic rings. The summed E-state index contributed by atoms with van der Waals surface area (Å²) in [7, 11) is 0. The van der Waals surface area contributed by atoms with Crippen molar-refractivity contribution >= 4 is 26.8 Å². The number of halogens is 1. The molecule has 0 fully saturated rings. The van der Waals surface area contributed by atoms with Crippen LogP contribution in [-0.2, 0) is 13.1 Å². The number of nitrogens with zero attached hydrogens (tertiary/aromatic N) is 1. The highest BCUT2D eigenvalue weighted by molar-refractivity contribution is 9.10. The first-order valence-electron chi connectivity index (χ1n) is 6.28. The summed E-state index contributed by atoms with van der Waals surface area (Å²) in [5, 5.41) is 1.26. The van der Waals surface area contributed by atoms with E-state index in [1.54, 1.807) is 0 Å². The van der Waals surface area contributed by atoms with E-state index in [4.69, 9.17) is 5.73 Å². The molecule has 0 aliphatic carbocycles. The van der Waals surface area contributed by atoms with E-state index in [0.29, 0.717) is 6.54 Å². The zero-order chi connectivity index (χ0) is 13.2. The quantitative estimate of drug-likeness (QED) is 0.780. The second-order valence-corrected chi connectivity index (χ2v) is 5.59. The minimum absolute atomic E-state index is 0.581. The molecule has 0 radical (unpaired) electrons. The second kappa shape index (κ2) is 5.19. The van der Waals surface area contributed by atoms with E-state index < -0.39 is 0 Å². The molecule has 1 aromatic heterocycles. The van der Waals surface area contributed by atoms with Gasteiger partial charge in [-0.1, -0.05) is 40.2 Å². The summed E-state index contributed by atoms with van der Waals surface area (Å²) in [5.41, 5.74) is 9.41. The maximum Gasteiger partial charge on any atom is 0.0486 e. The maximum absolute atomic E-state index is 5.72. The van der Waals surface area contributed by atoms with Crippen LogP contribution in [-0.4, -0.2) is 4.57 Å². The summed E-state index contributed by atoms with van der Waals surface area (Å²) in [5.74, 6) is 0. The summed E-state index contributed by atoms with van der Waals surface area (Å²) in [6.45, 7) is 1.45. The molecule has 3 aromatic rings. The van der Waals surface area contributed by atoms with E-state index >= 15 is 0 Å². The minimum Gasteiger partial charge on any atom is -0.343 e. The van der Waals surface area contributed by atoms with Gasteiger partial charge in [0.25, 0.3) is 0 Å². The van der Waals surface area contributed by atoms with E-state index in [-0.39, 0.29) is 0 Å². The van der Waals surface area contributed by atoms with Crippen LogP contribution in [0.4, 0.5) is 0 Å². The zero-order valence-electron chi connectivity index (χ0n) is 10.5. The average Bonchev–Trinajstić information content (AvgIpc) is 2.81. The Morgan fingerprint density at radius 1 is 1.00 bits per heavy atom. The Balaban J connectivity index is 2.00. The SMILES string of the molecule is NCc1ccc2ccn(Cc3cccc(Br)c3)c2c1. The van der Waals surface area contributed by atoms with Gasteiger partial charge in [-0.3, -0.25) is 0 Å². The molecule has 2 aromatic carbocycles. The number of hydrogen-bond acceptors (Lipinski definition) is 1. The monoisotopic (exact) mass is 314 g/mol. The highest BCUT2D eigenvalue weighted by Crippen LogP contribution is 2.20. The van der Waals surface area contributed by atoms with Crippen LogP contribution in [0, 0.1) is 0 Å². The summed E-state index contributed by atoms with van der Waals surface area (Å²) < 4.78 is 3.38. The van der Waals surface area contributed by atoms with Crippen LogP contribution in [0.2, 0.25) is 0 Å². The van der Waals surface area contributed by atoms with E-state index in [0.717, 1.165) is 11.0 Å². The fourth-order valence-electron chi connectivity index (χ4n) is 2.33. The van der Waals surface area contributed by atoms with E-state index in [9.17, 15) is 0 Å². The van der Waals surface area contributed by atoms with Crippen molar-refractivity contribution in [2.75, 3.05) is 0 Å². The van der Waals surface area contributed by atoms with Crippen molar-refractivity contribution in [3.8, 4) is 0 Å². The molecule has 0 unspecified atom stereocenters. The topological polar surface area (TPSA) is 30.9 Å². The van der Waals surface area contributed by atoms with Crippen LogP contribution >= 0.6 is 15.9 Å². The molecule has 2 nitrogen and oxygen atoms in total. The normalized spacial score (nSPS) is 11.1. The number of benzene rings is 2. The van der Waals surface area contributed by atoms with Gasteiger partial charge in [0.2, 0.25) is 0 Å². The van der Waals surface area contributed by atoms with Crippen molar-refractivity contribution in [1.29, 1.82) is 0 Å². The van der Waals surface area contributed by atoms with Crippen molar-refractivity contribution < 1.29 is 0 Å². The first-order valence-corrected chi connectivity index (χ1v) is 7.08. The third-order valence-corrected chi connectivity index (χ3v) is 3.81. The van der Waals surface area contributed by atoms with E-state index in [2.05, 4.69) is 69.2 Å². The number of fused-ring (bicyclic) bond motifs is 1. The van der Waals surface area contributed by atoms with E-state index in [1.807, 2.05) is 6.07 Å². The zero-order valence-corrected chi connectivity index (χ0v) is 12.1. The predicted molar refractivity (Wildman–Crippen MR) is 83.1 cm³/mol. The Labute approximate surface area is 121 Å². The molecule has 0 spiro atoms. The first-order chi connectivity index (χ1) is 9.26. The van der Waals surface area contributed by atoms with Crippen molar-refractivity contribution in [2.24, 2.45) is 5.73 Å². The van der Waals surface area contributed by atoms with Crippen LogP contribution in [0.3, 0.4) is 0 Å². The molecular formula is C16H15BrN2. The second-order valence-electron chi connectivity index (χ2n) is 4.67. The highest BCUT2D eigenvalue weighted by atomic mass is 79.9. The molecule has 96 valence electrons. The van der Waals surface area contributed by atoms with Gasteiger partial charge >= 0.3 is 0 Å². The van der Waals surface area contributed by atoms with Gasteiger partial charge in [-0.05, 0) is 40.8 Å². The molecule has 0 saturated heterocycles. The van der Waals surface area contributed by atoms with Gasteiger partial charge in [-0.25, -0.2) is 0 Å². The fraction of sp³-hybridized carbons (Fsp3) is 0.125. The van der Waals surface area contributed by atoms with Crippen molar-refractivity contribution in [2.45, 2.75) is 13.1 Å². The van der Waals surface area contributed by atoms with Gasteiger partial charge in [-0.2, -0.15) is 0 Å². The Bertz CT molecular complexity index is 716. The molecule has 1 heterocycles. The van der Waals surface area contributed by atoms with Crippen LogP contribution < -0.4 is 5.73 Å². The average molecular weight is 315 g/mol. The van der Waals surface area contributed by atoms with Crippen LogP contribution in [0.5, 0.6) is 0 Å². The standard InChI is InChI=1S/C16H15BrN2/c17-15-3-1-2-13(8-15)11-19-7-6-14-5-4-12(10-18)9-16(14)19/h1-9H,10-11,18H2. The lowest BCUT2D eigenvalue weighted by molar-refractivity contribution is 0.835. The van der Waals surface area contributed by atoms with Gasteiger partial charge in [0.05, 0.1) is 0 Å². The van der Waals surface area contributed by atoms with Crippen LogP contribution in [0.25, 0.3) is 10.9 Å². The number of aromatic nitrogens is 1.